The fourth-order valence-electron chi connectivity index (χ4n) is 8.13. The number of imidazole rings is 1. The maximum atomic E-state index is 14.0. The molecule has 0 amide bonds. The summed E-state index contributed by atoms with van der Waals surface area (Å²) in [6.45, 7) is 4.74. The molecule has 6 N–H and O–H groups in total. The average molecular weight is 795 g/mol. The molecule has 2 aromatic rings. The van der Waals surface area contributed by atoms with E-state index >= 15 is 0 Å². The van der Waals surface area contributed by atoms with E-state index in [-0.39, 0.29) is 13.1 Å². The highest BCUT2D eigenvalue weighted by Gasteiger charge is 2.46. The molecule has 2 aliphatic rings. The first-order chi connectivity index (χ1) is 27.2. The minimum Gasteiger partial charge on any atom is -0.388 e. The molecule has 0 aliphatic carbocycles. The van der Waals surface area contributed by atoms with Gasteiger partial charge in [-0.3, -0.25) is 9.13 Å². The molecule has 1 aromatic heterocycles. The third-order valence-electron chi connectivity index (χ3n) is 11.6. The number of rotatable bonds is 28. The minimum atomic E-state index is -1.62. The van der Waals surface area contributed by atoms with Gasteiger partial charge in [-0.25, -0.2) is 4.79 Å². The van der Waals surface area contributed by atoms with Gasteiger partial charge >= 0.3 is 5.69 Å². The number of nitrogens with zero attached hydrogens (tertiary/aromatic N) is 2. The van der Waals surface area contributed by atoms with Gasteiger partial charge in [0.1, 0.15) is 48.8 Å². The number of unbranched alkanes of at least 4 members (excludes halogenated alkanes) is 18. The van der Waals surface area contributed by atoms with E-state index < -0.39 is 67.1 Å². The summed E-state index contributed by atoms with van der Waals surface area (Å²) in [5, 5.41) is 65.2. The predicted molar refractivity (Wildman–Crippen MR) is 215 cm³/mol. The van der Waals surface area contributed by atoms with Crippen LogP contribution in [0, 0.1) is 0 Å². The number of aromatic nitrogens is 2. The van der Waals surface area contributed by atoms with Crippen molar-refractivity contribution in [2.24, 2.45) is 0 Å². The Bertz CT molecular complexity index is 1300. The second-order valence-electron chi connectivity index (χ2n) is 16.1. The molecule has 0 radical (unpaired) electrons. The van der Waals surface area contributed by atoms with Gasteiger partial charge in [-0.05, 0) is 25.0 Å². The van der Waals surface area contributed by atoms with E-state index in [1.54, 1.807) is 24.3 Å². The van der Waals surface area contributed by atoms with E-state index in [9.17, 15) is 35.4 Å². The number of ether oxygens (including phenoxy) is 4. The molecule has 4 rings (SSSR count). The molecule has 13 heteroatoms. The van der Waals surface area contributed by atoms with Crippen molar-refractivity contribution in [2.45, 2.75) is 217 Å². The first-order valence-electron chi connectivity index (χ1n) is 22.0. The van der Waals surface area contributed by atoms with Crippen LogP contribution in [-0.4, -0.2) is 114 Å². The molecule has 56 heavy (non-hydrogen) atoms. The summed E-state index contributed by atoms with van der Waals surface area (Å²) >= 11 is 0. The predicted octanol–water partition coefficient (Wildman–Crippen LogP) is 5.29. The van der Waals surface area contributed by atoms with Crippen LogP contribution < -0.4 is 5.69 Å². The Kier molecular flexibility index (Phi) is 21.3. The first-order valence-corrected chi connectivity index (χ1v) is 22.0. The van der Waals surface area contributed by atoms with Crippen molar-refractivity contribution in [3.8, 4) is 0 Å². The molecule has 13 nitrogen and oxygen atoms in total. The zero-order chi connectivity index (χ0) is 40.3. The van der Waals surface area contributed by atoms with E-state index in [1.807, 2.05) is 0 Å². The highest BCUT2D eigenvalue weighted by Crippen LogP contribution is 2.28. The van der Waals surface area contributed by atoms with Gasteiger partial charge in [0.15, 0.2) is 12.6 Å². The van der Waals surface area contributed by atoms with Crippen LogP contribution in [0.1, 0.15) is 142 Å². The summed E-state index contributed by atoms with van der Waals surface area (Å²) < 4.78 is 25.9. The van der Waals surface area contributed by atoms with E-state index in [4.69, 9.17) is 18.9 Å². The Balaban J connectivity index is 1.31. The number of hydrogen-bond donors (Lipinski definition) is 6. The quantitative estimate of drug-likeness (QED) is 0.0615. The Morgan fingerprint density at radius 1 is 0.500 bits per heavy atom. The summed E-state index contributed by atoms with van der Waals surface area (Å²) in [6, 6.07) is 7.01. The number of fused-ring (bicyclic) bond motifs is 1. The third kappa shape index (κ3) is 13.8. The fraction of sp³-hybridized carbons (Fsp3) is 0.837. The van der Waals surface area contributed by atoms with Crippen LogP contribution in [0.4, 0.5) is 0 Å². The Morgan fingerprint density at radius 2 is 0.821 bits per heavy atom. The number of aliphatic hydroxyl groups excluding tert-OH is 6. The van der Waals surface area contributed by atoms with Gasteiger partial charge in [0.25, 0.3) is 0 Å². The monoisotopic (exact) mass is 795 g/mol. The van der Waals surface area contributed by atoms with Gasteiger partial charge in [-0.15, -0.1) is 0 Å². The molecular formula is C43H74N2O11. The smallest absolute Gasteiger partial charge is 0.329 e. The van der Waals surface area contributed by atoms with Crippen LogP contribution >= 0.6 is 0 Å². The SMILES string of the molecule is CCCCCCCCCCCCO[C@@H]1[C@H](O)[C@H](O)O[C@H](Cn2c(=O)n(C[C@@H]3O[C@H](O)[C@H](O)[C@H](OCCCCCCCCCCCC)[C@@H]3O)c3ccccc32)[C@H]1O. The molecule has 0 unspecified atom stereocenters. The van der Waals surface area contributed by atoms with Gasteiger partial charge in [0, 0.05) is 13.2 Å². The molecule has 322 valence electrons. The normalized spacial score (nSPS) is 28.4. The highest BCUT2D eigenvalue weighted by atomic mass is 16.7. The highest BCUT2D eigenvalue weighted by molar-refractivity contribution is 5.76. The van der Waals surface area contributed by atoms with Crippen LogP contribution in [0.2, 0.25) is 0 Å². The van der Waals surface area contributed by atoms with Gasteiger partial charge < -0.3 is 49.6 Å². The van der Waals surface area contributed by atoms with Crippen LogP contribution in [0.3, 0.4) is 0 Å². The van der Waals surface area contributed by atoms with E-state index in [2.05, 4.69) is 13.8 Å². The lowest BCUT2D eigenvalue weighted by Crippen LogP contribution is -2.60. The van der Waals surface area contributed by atoms with Crippen molar-refractivity contribution in [1.82, 2.24) is 9.13 Å². The second-order valence-corrected chi connectivity index (χ2v) is 16.1. The topological polar surface area (TPSA) is 185 Å². The van der Waals surface area contributed by atoms with Crippen molar-refractivity contribution in [3.05, 3.63) is 34.7 Å². The Morgan fingerprint density at radius 3 is 1.16 bits per heavy atom. The summed E-state index contributed by atoms with van der Waals surface area (Å²) in [5.74, 6) is 0. The molecule has 0 bridgehead atoms. The Labute approximate surface area is 333 Å². The van der Waals surface area contributed by atoms with Crippen molar-refractivity contribution in [2.75, 3.05) is 13.2 Å². The molecule has 2 fully saturated rings. The van der Waals surface area contributed by atoms with E-state index in [0.717, 1.165) is 38.5 Å². The lowest BCUT2D eigenvalue weighted by Gasteiger charge is -2.40. The standard InChI is InChI=1S/C43H74N2O11/c1-3-5-7-9-11-13-15-17-19-23-27-53-39-35(46)33(55-41(50)37(39)48)29-44-31-25-21-22-26-32(31)45(43(44)52)30-34-36(47)40(38(49)42(51)56-34)54-28-24-20-18-16-14-12-10-8-6-4-2/h21-22,25-26,33-42,46-51H,3-20,23-24,27-30H2,1-2H3/t33-,34+,35-,36-,37+,38-,39+,40-,41-,42+/m1/s1. The lowest BCUT2D eigenvalue weighted by atomic mass is 9.98. The molecule has 0 spiro atoms. The molecular weight excluding hydrogens is 720 g/mol. The maximum Gasteiger partial charge on any atom is 0.329 e. The number of hydrogen-bond acceptors (Lipinski definition) is 11. The van der Waals surface area contributed by atoms with Crippen molar-refractivity contribution in [3.63, 3.8) is 0 Å². The number of aliphatic hydroxyl groups is 6. The van der Waals surface area contributed by atoms with Crippen LogP contribution in [-0.2, 0) is 32.0 Å². The lowest BCUT2D eigenvalue weighted by molar-refractivity contribution is -0.292. The number of benzene rings is 1. The average Bonchev–Trinajstić information content (AvgIpc) is 3.45. The van der Waals surface area contributed by atoms with E-state index in [1.165, 1.54) is 99.0 Å². The van der Waals surface area contributed by atoms with Crippen molar-refractivity contribution >= 4 is 11.0 Å². The second kappa shape index (κ2) is 25.5. The fourth-order valence-corrected chi connectivity index (χ4v) is 8.13. The summed E-state index contributed by atoms with van der Waals surface area (Å²) in [6.07, 6.45) is 9.95. The summed E-state index contributed by atoms with van der Waals surface area (Å²) in [7, 11) is 0. The van der Waals surface area contributed by atoms with Crippen LogP contribution in [0.15, 0.2) is 29.1 Å². The molecule has 1 aromatic carbocycles. The van der Waals surface area contributed by atoms with Crippen LogP contribution in [0.25, 0.3) is 11.0 Å². The van der Waals surface area contributed by atoms with E-state index in [0.29, 0.717) is 24.2 Å². The van der Waals surface area contributed by atoms with Gasteiger partial charge in [0.05, 0.1) is 24.1 Å². The van der Waals surface area contributed by atoms with Crippen molar-refractivity contribution in [1.29, 1.82) is 0 Å². The molecule has 3 heterocycles. The van der Waals surface area contributed by atoms with Gasteiger partial charge in [-0.1, -0.05) is 142 Å². The third-order valence-corrected chi connectivity index (χ3v) is 11.6. The molecule has 10 atom stereocenters. The molecule has 2 saturated heterocycles. The van der Waals surface area contributed by atoms with Gasteiger partial charge in [-0.2, -0.15) is 0 Å². The summed E-state index contributed by atoms with van der Waals surface area (Å²) in [5.41, 5.74) is 0.525. The molecule has 0 saturated carbocycles. The maximum absolute atomic E-state index is 14.0. The first kappa shape index (κ1) is 46.8. The zero-order valence-electron chi connectivity index (χ0n) is 34.2. The number of para-hydroxylation sites is 2. The Hall–Kier alpha value is -1.91. The molecule has 2 aliphatic heterocycles. The minimum absolute atomic E-state index is 0.157. The largest absolute Gasteiger partial charge is 0.388 e. The van der Waals surface area contributed by atoms with Gasteiger partial charge in [0.2, 0.25) is 0 Å². The zero-order valence-corrected chi connectivity index (χ0v) is 34.2. The summed E-state index contributed by atoms with van der Waals surface area (Å²) in [4.78, 5) is 14.0. The van der Waals surface area contributed by atoms with Crippen LogP contribution in [0.5, 0.6) is 0 Å². The van der Waals surface area contributed by atoms with Crippen molar-refractivity contribution < 1.29 is 49.6 Å².